The van der Waals surface area contributed by atoms with Crippen LogP contribution in [-0.2, 0) is 6.54 Å². The molecule has 3 aromatic rings. The fourth-order valence-corrected chi connectivity index (χ4v) is 2.54. The van der Waals surface area contributed by atoms with Gasteiger partial charge < -0.3 is 15.1 Å². The van der Waals surface area contributed by atoms with Crippen LogP contribution in [0.3, 0.4) is 0 Å². The first-order valence-electron chi connectivity index (χ1n) is 7.13. The van der Waals surface area contributed by atoms with E-state index in [0.717, 1.165) is 35.2 Å². The SMILES string of the molecule is CCCNc1cc(NCc2coc(-c3cccs3)n2)ncn1. The van der Waals surface area contributed by atoms with E-state index in [0.29, 0.717) is 12.4 Å². The molecule has 6 nitrogen and oxygen atoms in total. The number of nitrogens with zero attached hydrogens (tertiary/aromatic N) is 3. The summed E-state index contributed by atoms with van der Waals surface area (Å²) in [6, 6.07) is 5.85. The quantitative estimate of drug-likeness (QED) is 0.693. The Morgan fingerprint density at radius 2 is 2.09 bits per heavy atom. The van der Waals surface area contributed by atoms with E-state index in [2.05, 4.69) is 32.5 Å². The Balaban J connectivity index is 1.60. The standard InChI is InChI=1S/C15H17N5OS/c1-2-5-16-13-7-14(19-10-18-13)17-8-11-9-21-15(20-11)12-4-3-6-22-12/h3-4,6-7,9-10H,2,5,8H2,1H3,(H2,16,17,18,19). The molecule has 0 aliphatic carbocycles. The summed E-state index contributed by atoms with van der Waals surface area (Å²) < 4.78 is 5.49. The highest BCUT2D eigenvalue weighted by atomic mass is 32.1. The molecule has 3 heterocycles. The summed E-state index contributed by atoms with van der Waals surface area (Å²) in [5.74, 6) is 2.23. The minimum absolute atomic E-state index is 0.555. The van der Waals surface area contributed by atoms with Gasteiger partial charge in [-0.05, 0) is 17.9 Å². The van der Waals surface area contributed by atoms with Crippen molar-refractivity contribution in [2.24, 2.45) is 0 Å². The van der Waals surface area contributed by atoms with Crippen molar-refractivity contribution in [2.45, 2.75) is 19.9 Å². The Morgan fingerprint density at radius 1 is 1.23 bits per heavy atom. The largest absolute Gasteiger partial charge is 0.443 e. The maximum Gasteiger partial charge on any atom is 0.236 e. The highest BCUT2D eigenvalue weighted by Crippen LogP contribution is 2.23. The normalized spacial score (nSPS) is 10.6. The Bertz CT molecular complexity index is 710. The van der Waals surface area contributed by atoms with Gasteiger partial charge in [-0.3, -0.25) is 0 Å². The average molecular weight is 315 g/mol. The molecule has 0 aliphatic rings. The number of rotatable bonds is 7. The zero-order chi connectivity index (χ0) is 15.2. The van der Waals surface area contributed by atoms with Crippen molar-refractivity contribution in [2.75, 3.05) is 17.2 Å². The lowest BCUT2D eigenvalue weighted by atomic mass is 10.4. The molecule has 2 N–H and O–H groups in total. The van der Waals surface area contributed by atoms with Gasteiger partial charge in [0.2, 0.25) is 5.89 Å². The number of anilines is 2. The summed E-state index contributed by atoms with van der Waals surface area (Å²) in [6.07, 6.45) is 4.26. The smallest absolute Gasteiger partial charge is 0.236 e. The van der Waals surface area contributed by atoms with Crippen molar-refractivity contribution in [1.82, 2.24) is 15.0 Å². The molecular formula is C15H17N5OS. The van der Waals surface area contributed by atoms with Crippen molar-refractivity contribution in [3.8, 4) is 10.8 Å². The van der Waals surface area contributed by atoms with Crippen LogP contribution in [0.5, 0.6) is 0 Å². The lowest BCUT2D eigenvalue weighted by Gasteiger charge is -2.06. The molecule has 114 valence electrons. The van der Waals surface area contributed by atoms with Gasteiger partial charge in [0.1, 0.15) is 24.2 Å². The van der Waals surface area contributed by atoms with Crippen LogP contribution >= 0.6 is 11.3 Å². The molecule has 0 aromatic carbocycles. The first-order chi connectivity index (χ1) is 10.8. The second-order valence-electron chi connectivity index (χ2n) is 4.69. The lowest BCUT2D eigenvalue weighted by molar-refractivity contribution is 0.574. The Morgan fingerprint density at radius 3 is 2.86 bits per heavy atom. The second kappa shape index (κ2) is 7.04. The molecule has 7 heteroatoms. The van der Waals surface area contributed by atoms with E-state index in [1.165, 1.54) is 0 Å². The van der Waals surface area contributed by atoms with Crippen molar-refractivity contribution in [3.05, 3.63) is 41.9 Å². The number of aromatic nitrogens is 3. The molecule has 0 saturated heterocycles. The molecule has 22 heavy (non-hydrogen) atoms. The molecule has 0 amide bonds. The molecular weight excluding hydrogens is 298 g/mol. The molecule has 0 fully saturated rings. The van der Waals surface area contributed by atoms with E-state index in [4.69, 9.17) is 4.42 Å². The summed E-state index contributed by atoms with van der Waals surface area (Å²) in [4.78, 5) is 13.9. The second-order valence-corrected chi connectivity index (χ2v) is 5.64. The van der Waals surface area contributed by atoms with Crippen LogP contribution in [-0.4, -0.2) is 21.5 Å². The maximum atomic E-state index is 5.49. The molecule has 3 aromatic heterocycles. The molecule has 0 unspecified atom stereocenters. The highest BCUT2D eigenvalue weighted by Gasteiger charge is 2.07. The minimum atomic E-state index is 0.555. The molecule has 3 rings (SSSR count). The zero-order valence-electron chi connectivity index (χ0n) is 12.2. The average Bonchev–Trinajstić information content (AvgIpc) is 3.22. The topological polar surface area (TPSA) is 75.9 Å². The predicted molar refractivity (Wildman–Crippen MR) is 88.0 cm³/mol. The molecule has 0 aliphatic heterocycles. The third kappa shape index (κ3) is 3.62. The van der Waals surface area contributed by atoms with Gasteiger partial charge in [0, 0.05) is 12.6 Å². The predicted octanol–water partition coefficient (Wildman–Crippen LogP) is 3.63. The Labute approximate surface area is 132 Å². The van der Waals surface area contributed by atoms with Gasteiger partial charge in [-0.15, -0.1) is 11.3 Å². The van der Waals surface area contributed by atoms with Crippen molar-refractivity contribution >= 4 is 23.0 Å². The summed E-state index contributed by atoms with van der Waals surface area (Å²) in [5, 5.41) is 8.46. The number of hydrogen-bond donors (Lipinski definition) is 2. The molecule has 0 spiro atoms. The van der Waals surface area contributed by atoms with E-state index < -0.39 is 0 Å². The van der Waals surface area contributed by atoms with Gasteiger partial charge in [0.05, 0.1) is 17.1 Å². The molecule has 0 radical (unpaired) electrons. The van der Waals surface area contributed by atoms with Crippen molar-refractivity contribution in [3.63, 3.8) is 0 Å². The number of oxazole rings is 1. The van der Waals surface area contributed by atoms with Crippen LogP contribution in [0.4, 0.5) is 11.6 Å². The Kier molecular flexibility index (Phi) is 4.65. The van der Waals surface area contributed by atoms with Gasteiger partial charge in [-0.2, -0.15) is 0 Å². The van der Waals surface area contributed by atoms with E-state index in [9.17, 15) is 0 Å². The van der Waals surface area contributed by atoms with Crippen molar-refractivity contribution < 1.29 is 4.42 Å². The van der Waals surface area contributed by atoms with Gasteiger partial charge in [-0.25, -0.2) is 15.0 Å². The Hall–Kier alpha value is -2.41. The zero-order valence-corrected chi connectivity index (χ0v) is 13.1. The monoisotopic (exact) mass is 315 g/mol. The van der Waals surface area contributed by atoms with Crippen molar-refractivity contribution in [1.29, 1.82) is 0 Å². The lowest BCUT2D eigenvalue weighted by Crippen LogP contribution is -2.05. The van der Waals surface area contributed by atoms with Gasteiger partial charge in [-0.1, -0.05) is 13.0 Å². The van der Waals surface area contributed by atoms with Crippen LogP contribution in [0.25, 0.3) is 10.8 Å². The highest BCUT2D eigenvalue weighted by molar-refractivity contribution is 7.13. The first-order valence-corrected chi connectivity index (χ1v) is 8.01. The fraction of sp³-hybridized carbons (Fsp3) is 0.267. The first kappa shape index (κ1) is 14.5. The number of hydrogen-bond acceptors (Lipinski definition) is 7. The van der Waals surface area contributed by atoms with Crippen LogP contribution in [0.2, 0.25) is 0 Å². The number of nitrogens with one attached hydrogen (secondary N) is 2. The van der Waals surface area contributed by atoms with Gasteiger partial charge >= 0.3 is 0 Å². The maximum absolute atomic E-state index is 5.49. The van der Waals surface area contributed by atoms with Crippen LogP contribution in [0, 0.1) is 0 Å². The third-order valence-electron chi connectivity index (χ3n) is 2.96. The summed E-state index contributed by atoms with van der Waals surface area (Å²) in [5.41, 5.74) is 0.838. The molecule has 0 bridgehead atoms. The van der Waals surface area contributed by atoms with E-state index >= 15 is 0 Å². The van der Waals surface area contributed by atoms with E-state index in [1.807, 2.05) is 23.6 Å². The molecule has 0 saturated carbocycles. The third-order valence-corrected chi connectivity index (χ3v) is 3.82. The van der Waals surface area contributed by atoms with Gasteiger partial charge in [0.15, 0.2) is 0 Å². The molecule has 0 atom stereocenters. The van der Waals surface area contributed by atoms with Crippen LogP contribution in [0.1, 0.15) is 19.0 Å². The number of thiophene rings is 1. The summed E-state index contributed by atoms with van der Waals surface area (Å²) in [7, 11) is 0. The van der Waals surface area contributed by atoms with Crippen LogP contribution in [0.15, 0.2) is 40.6 Å². The van der Waals surface area contributed by atoms with Gasteiger partial charge in [0.25, 0.3) is 0 Å². The summed E-state index contributed by atoms with van der Waals surface area (Å²) in [6.45, 7) is 3.56. The van der Waals surface area contributed by atoms with E-state index in [-0.39, 0.29) is 0 Å². The van der Waals surface area contributed by atoms with E-state index in [1.54, 1.807) is 23.9 Å². The fourth-order valence-electron chi connectivity index (χ4n) is 1.89. The minimum Gasteiger partial charge on any atom is -0.443 e. The van der Waals surface area contributed by atoms with Crippen LogP contribution < -0.4 is 10.6 Å². The summed E-state index contributed by atoms with van der Waals surface area (Å²) >= 11 is 1.61.